The lowest BCUT2D eigenvalue weighted by atomic mass is 10.2. The van der Waals surface area contributed by atoms with Gasteiger partial charge >= 0.3 is 0 Å². The Kier molecular flexibility index (Phi) is 5.22. The number of hydrogen-bond acceptors (Lipinski definition) is 8. The summed E-state index contributed by atoms with van der Waals surface area (Å²) in [6.07, 6.45) is 1.15. The van der Waals surface area contributed by atoms with Gasteiger partial charge in [-0.3, -0.25) is 14.5 Å². The summed E-state index contributed by atoms with van der Waals surface area (Å²) >= 11 is 1.11. The summed E-state index contributed by atoms with van der Waals surface area (Å²) < 4.78 is 16.0. The molecular weight excluding hydrogens is 346 g/mol. The van der Waals surface area contributed by atoms with Gasteiger partial charge in [0.05, 0.1) is 20.0 Å². The molecule has 25 heavy (non-hydrogen) atoms. The molecule has 0 radical (unpaired) electrons. The molecule has 1 fully saturated rings. The van der Waals surface area contributed by atoms with Gasteiger partial charge in [0, 0.05) is 18.5 Å². The first-order valence-electron chi connectivity index (χ1n) is 7.64. The van der Waals surface area contributed by atoms with Crippen molar-refractivity contribution in [2.45, 2.75) is 18.1 Å². The van der Waals surface area contributed by atoms with E-state index in [4.69, 9.17) is 13.9 Å². The highest BCUT2D eigenvalue weighted by atomic mass is 32.2. The number of carbonyl (C=O) groups excluding carboxylic acids is 2. The highest BCUT2D eigenvalue weighted by Crippen LogP contribution is 2.32. The summed E-state index contributed by atoms with van der Waals surface area (Å²) in [5.74, 6) is 1.18. The number of amides is 2. The van der Waals surface area contributed by atoms with Gasteiger partial charge < -0.3 is 13.9 Å². The van der Waals surface area contributed by atoms with Crippen LogP contribution in [0.4, 0.5) is 0 Å². The van der Waals surface area contributed by atoms with Gasteiger partial charge in [0.2, 0.25) is 17.7 Å². The van der Waals surface area contributed by atoms with Crippen molar-refractivity contribution in [2.24, 2.45) is 0 Å². The van der Waals surface area contributed by atoms with E-state index in [0.717, 1.165) is 18.2 Å². The lowest BCUT2D eigenvalue weighted by molar-refractivity contribution is -0.140. The van der Waals surface area contributed by atoms with Crippen molar-refractivity contribution in [3.05, 3.63) is 18.2 Å². The second-order valence-corrected chi connectivity index (χ2v) is 6.20. The third-order valence-corrected chi connectivity index (χ3v) is 4.53. The fourth-order valence-electron chi connectivity index (χ4n) is 2.47. The zero-order chi connectivity index (χ0) is 17.8. The molecule has 0 saturated carbocycles. The lowest BCUT2D eigenvalue weighted by Gasteiger charge is -2.11. The highest BCUT2D eigenvalue weighted by Gasteiger charge is 2.26. The largest absolute Gasteiger partial charge is 0.493 e. The second kappa shape index (κ2) is 7.56. The number of benzene rings is 1. The van der Waals surface area contributed by atoms with E-state index in [0.29, 0.717) is 35.9 Å². The van der Waals surface area contributed by atoms with E-state index in [9.17, 15) is 9.59 Å². The third kappa shape index (κ3) is 3.76. The molecule has 1 saturated heterocycles. The number of rotatable bonds is 6. The Labute approximate surface area is 148 Å². The van der Waals surface area contributed by atoms with Crippen LogP contribution in [0.25, 0.3) is 11.5 Å². The molecule has 2 aromatic rings. The van der Waals surface area contributed by atoms with Gasteiger partial charge in [-0.2, -0.15) is 0 Å². The van der Waals surface area contributed by atoms with Crippen LogP contribution in [-0.4, -0.2) is 53.4 Å². The predicted octanol–water partition coefficient (Wildman–Crippen LogP) is 1.99. The Morgan fingerprint density at radius 2 is 2.08 bits per heavy atom. The molecule has 0 bridgehead atoms. The summed E-state index contributed by atoms with van der Waals surface area (Å²) in [6, 6.07) is 5.25. The first kappa shape index (κ1) is 17.3. The van der Waals surface area contributed by atoms with Crippen molar-refractivity contribution in [2.75, 3.05) is 26.5 Å². The van der Waals surface area contributed by atoms with Crippen molar-refractivity contribution in [1.82, 2.24) is 15.1 Å². The van der Waals surface area contributed by atoms with Crippen molar-refractivity contribution in [3.8, 4) is 23.0 Å². The normalized spacial score (nSPS) is 14.0. The molecular formula is C16H17N3O5S. The van der Waals surface area contributed by atoms with Crippen molar-refractivity contribution in [3.63, 3.8) is 0 Å². The van der Waals surface area contributed by atoms with Gasteiger partial charge in [-0.15, -0.1) is 10.2 Å². The van der Waals surface area contributed by atoms with Gasteiger partial charge in [-0.05, 0) is 24.6 Å². The summed E-state index contributed by atoms with van der Waals surface area (Å²) in [4.78, 5) is 24.9. The van der Waals surface area contributed by atoms with Gasteiger partial charge in [0.25, 0.3) is 5.22 Å². The molecule has 3 rings (SSSR count). The monoisotopic (exact) mass is 363 g/mol. The van der Waals surface area contributed by atoms with Crippen LogP contribution in [0.5, 0.6) is 11.5 Å². The van der Waals surface area contributed by atoms with E-state index >= 15 is 0 Å². The molecule has 0 atom stereocenters. The van der Waals surface area contributed by atoms with Crippen molar-refractivity contribution in [1.29, 1.82) is 0 Å². The molecule has 0 aliphatic carbocycles. The van der Waals surface area contributed by atoms with Crippen LogP contribution >= 0.6 is 11.8 Å². The Morgan fingerprint density at radius 1 is 1.28 bits per heavy atom. The van der Waals surface area contributed by atoms with Crippen LogP contribution in [0.2, 0.25) is 0 Å². The number of carbonyl (C=O) groups is 2. The maximum Gasteiger partial charge on any atom is 0.277 e. The maximum atomic E-state index is 12.0. The topological polar surface area (TPSA) is 94.8 Å². The summed E-state index contributed by atoms with van der Waals surface area (Å²) in [7, 11) is 3.10. The standard InChI is InChI=1S/C16H17N3O5S/c1-22-11-6-5-10(8-12(11)23-2)15-17-18-16(24-15)25-9-14(21)19-7-3-4-13(19)20/h5-6,8H,3-4,7,9H2,1-2H3. The number of thioether (sulfide) groups is 1. The number of likely N-dealkylation sites (tertiary alicyclic amines) is 1. The van der Waals surface area contributed by atoms with Crippen LogP contribution in [0.1, 0.15) is 12.8 Å². The zero-order valence-electron chi connectivity index (χ0n) is 13.9. The van der Waals surface area contributed by atoms with Crippen LogP contribution in [0.3, 0.4) is 0 Å². The van der Waals surface area contributed by atoms with Gasteiger partial charge in [0.1, 0.15) is 0 Å². The predicted molar refractivity (Wildman–Crippen MR) is 89.5 cm³/mol. The Morgan fingerprint density at radius 3 is 2.76 bits per heavy atom. The quantitative estimate of drug-likeness (QED) is 0.719. The molecule has 0 N–H and O–H groups in total. The number of imide groups is 1. The number of ether oxygens (including phenoxy) is 2. The third-order valence-electron chi connectivity index (χ3n) is 3.73. The van der Waals surface area contributed by atoms with E-state index in [1.165, 1.54) is 4.90 Å². The molecule has 1 aromatic carbocycles. The minimum absolute atomic E-state index is 0.0826. The van der Waals surface area contributed by atoms with Crippen LogP contribution in [0.15, 0.2) is 27.8 Å². The molecule has 132 valence electrons. The average Bonchev–Trinajstić information content (AvgIpc) is 3.28. The molecule has 1 aliphatic heterocycles. The second-order valence-electron chi connectivity index (χ2n) is 5.27. The molecule has 0 unspecified atom stereocenters. The molecule has 2 amide bonds. The molecule has 9 heteroatoms. The van der Waals surface area contributed by atoms with E-state index in [-0.39, 0.29) is 22.8 Å². The Bertz CT molecular complexity index is 792. The molecule has 8 nitrogen and oxygen atoms in total. The smallest absolute Gasteiger partial charge is 0.277 e. The Balaban J connectivity index is 1.66. The minimum Gasteiger partial charge on any atom is -0.493 e. The SMILES string of the molecule is COc1ccc(-c2nnc(SCC(=O)N3CCCC3=O)o2)cc1OC. The lowest BCUT2D eigenvalue weighted by Crippen LogP contribution is -2.33. The number of nitrogens with zero attached hydrogens (tertiary/aromatic N) is 3. The van der Waals surface area contributed by atoms with Crippen LogP contribution < -0.4 is 9.47 Å². The van der Waals surface area contributed by atoms with Gasteiger partial charge in [-0.25, -0.2) is 0 Å². The van der Waals surface area contributed by atoms with Crippen LogP contribution in [0, 0.1) is 0 Å². The Hall–Kier alpha value is -2.55. The number of aromatic nitrogens is 2. The first-order valence-corrected chi connectivity index (χ1v) is 8.63. The van der Waals surface area contributed by atoms with E-state index in [2.05, 4.69) is 10.2 Å². The average molecular weight is 363 g/mol. The number of hydrogen-bond donors (Lipinski definition) is 0. The zero-order valence-corrected chi connectivity index (χ0v) is 14.7. The summed E-state index contributed by atoms with van der Waals surface area (Å²) in [5.41, 5.74) is 0.679. The molecule has 1 aromatic heterocycles. The summed E-state index contributed by atoms with van der Waals surface area (Å²) in [6.45, 7) is 0.485. The summed E-state index contributed by atoms with van der Waals surface area (Å²) in [5, 5.41) is 8.18. The molecule has 2 heterocycles. The fourth-order valence-corrected chi connectivity index (χ4v) is 3.11. The number of methoxy groups -OCH3 is 2. The molecule has 0 spiro atoms. The van der Waals surface area contributed by atoms with Gasteiger partial charge in [-0.1, -0.05) is 11.8 Å². The van der Waals surface area contributed by atoms with Crippen LogP contribution in [-0.2, 0) is 9.59 Å². The first-order chi connectivity index (χ1) is 12.1. The minimum atomic E-state index is -0.238. The van der Waals surface area contributed by atoms with Gasteiger partial charge in [0.15, 0.2) is 11.5 Å². The maximum absolute atomic E-state index is 12.0. The van der Waals surface area contributed by atoms with Crippen molar-refractivity contribution < 1.29 is 23.5 Å². The van der Waals surface area contributed by atoms with E-state index in [1.807, 2.05) is 0 Å². The van der Waals surface area contributed by atoms with E-state index in [1.54, 1.807) is 32.4 Å². The highest BCUT2D eigenvalue weighted by molar-refractivity contribution is 7.99. The van der Waals surface area contributed by atoms with E-state index < -0.39 is 0 Å². The molecule has 1 aliphatic rings. The fraction of sp³-hybridized carbons (Fsp3) is 0.375. The van der Waals surface area contributed by atoms with Crippen molar-refractivity contribution >= 4 is 23.6 Å².